The fourth-order valence-corrected chi connectivity index (χ4v) is 2.77. The zero-order chi connectivity index (χ0) is 13.8. The van der Waals surface area contributed by atoms with Gasteiger partial charge in [0.25, 0.3) is 0 Å². The Kier molecular flexibility index (Phi) is 3.69. The maximum Gasteiger partial charge on any atom is 0.213 e. The van der Waals surface area contributed by atoms with Crippen LogP contribution in [-0.2, 0) is 12.0 Å². The Labute approximate surface area is 118 Å². The summed E-state index contributed by atoms with van der Waals surface area (Å²) in [5.74, 6) is 0.697. The summed E-state index contributed by atoms with van der Waals surface area (Å²) >= 11 is 0. The van der Waals surface area contributed by atoms with Gasteiger partial charge >= 0.3 is 0 Å². The average molecular weight is 272 g/mol. The third kappa shape index (κ3) is 2.54. The standard InChI is InChI=1S/C15H20N4O/c1-20-14-5-2-4-13(19-14)15(6-3-7-15)10-16-8-12-9-17-11-18-12/h2,4-5,9,11,16H,3,6-8,10H2,1H3,(H,17,18). The largest absolute Gasteiger partial charge is 0.481 e. The predicted molar refractivity (Wildman–Crippen MR) is 76.6 cm³/mol. The fraction of sp³-hybridized carbons (Fsp3) is 0.467. The topological polar surface area (TPSA) is 62.8 Å². The van der Waals surface area contributed by atoms with Crippen molar-refractivity contribution in [1.82, 2.24) is 20.3 Å². The molecule has 0 aromatic carbocycles. The van der Waals surface area contributed by atoms with Crippen LogP contribution in [-0.4, -0.2) is 28.6 Å². The zero-order valence-electron chi connectivity index (χ0n) is 11.7. The summed E-state index contributed by atoms with van der Waals surface area (Å²) in [5.41, 5.74) is 2.41. The van der Waals surface area contributed by atoms with E-state index in [9.17, 15) is 0 Å². The number of ether oxygens (including phenoxy) is 1. The highest BCUT2D eigenvalue weighted by Crippen LogP contribution is 2.42. The third-order valence-electron chi connectivity index (χ3n) is 4.12. The minimum Gasteiger partial charge on any atom is -0.481 e. The molecule has 0 bridgehead atoms. The molecular formula is C15H20N4O. The first kappa shape index (κ1) is 13.1. The minimum atomic E-state index is 0.161. The van der Waals surface area contributed by atoms with Crippen molar-refractivity contribution in [3.05, 3.63) is 42.1 Å². The molecule has 0 atom stereocenters. The molecule has 1 aliphatic rings. The molecule has 2 N–H and O–H groups in total. The van der Waals surface area contributed by atoms with E-state index >= 15 is 0 Å². The van der Waals surface area contributed by atoms with Gasteiger partial charge in [-0.15, -0.1) is 0 Å². The first-order valence-corrected chi connectivity index (χ1v) is 7.02. The number of nitrogens with zero attached hydrogens (tertiary/aromatic N) is 2. The van der Waals surface area contributed by atoms with Crippen LogP contribution < -0.4 is 10.1 Å². The van der Waals surface area contributed by atoms with E-state index in [0.717, 1.165) is 24.5 Å². The molecule has 2 heterocycles. The smallest absolute Gasteiger partial charge is 0.213 e. The molecule has 3 rings (SSSR count). The van der Waals surface area contributed by atoms with Gasteiger partial charge in [-0.3, -0.25) is 0 Å². The Balaban J connectivity index is 1.67. The third-order valence-corrected chi connectivity index (χ3v) is 4.12. The second-order valence-corrected chi connectivity index (χ2v) is 5.38. The van der Waals surface area contributed by atoms with Crippen molar-refractivity contribution in [2.45, 2.75) is 31.2 Å². The number of aromatic nitrogens is 3. The van der Waals surface area contributed by atoms with E-state index in [-0.39, 0.29) is 5.41 Å². The van der Waals surface area contributed by atoms with Gasteiger partial charge in [0.05, 0.1) is 19.1 Å². The number of hydrogen-bond donors (Lipinski definition) is 2. The molecule has 5 heteroatoms. The Bertz CT molecular complexity index is 549. The van der Waals surface area contributed by atoms with E-state index in [1.807, 2.05) is 18.3 Å². The summed E-state index contributed by atoms with van der Waals surface area (Å²) in [6.07, 6.45) is 7.20. The lowest BCUT2D eigenvalue weighted by molar-refractivity contribution is 0.224. The lowest BCUT2D eigenvalue weighted by Crippen LogP contribution is -2.44. The summed E-state index contributed by atoms with van der Waals surface area (Å²) in [6.45, 7) is 1.75. The number of nitrogens with one attached hydrogen (secondary N) is 2. The molecule has 0 radical (unpaired) electrons. The van der Waals surface area contributed by atoms with E-state index in [1.54, 1.807) is 13.4 Å². The van der Waals surface area contributed by atoms with Gasteiger partial charge in [-0.05, 0) is 18.9 Å². The van der Waals surface area contributed by atoms with Crippen molar-refractivity contribution >= 4 is 0 Å². The molecule has 20 heavy (non-hydrogen) atoms. The monoisotopic (exact) mass is 272 g/mol. The van der Waals surface area contributed by atoms with Crippen LogP contribution in [0.2, 0.25) is 0 Å². The SMILES string of the molecule is COc1cccc(C2(CNCc3cnc[nH]3)CCC2)n1. The van der Waals surface area contributed by atoms with Gasteiger partial charge in [-0.25, -0.2) is 9.97 Å². The van der Waals surface area contributed by atoms with Crippen molar-refractivity contribution in [2.75, 3.05) is 13.7 Å². The molecule has 0 spiro atoms. The normalized spacial score (nSPS) is 16.6. The highest BCUT2D eigenvalue weighted by Gasteiger charge is 2.39. The number of H-pyrrole nitrogens is 1. The maximum absolute atomic E-state index is 5.24. The molecule has 0 saturated heterocycles. The molecule has 0 unspecified atom stereocenters. The molecule has 2 aromatic rings. The molecule has 1 aliphatic carbocycles. The van der Waals surface area contributed by atoms with Crippen LogP contribution in [0.5, 0.6) is 5.88 Å². The first-order chi connectivity index (χ1) is 9.82. The van der Waals surface area contributed by atoms with Gasteiger partial charge in [0.2, 0.25) is 5.88 Å². The van der Waals surface area contributed by atoms with E-state index in [2.05, 4.69) is 26.3 Å². The number of pyridine rings is 1. The number of hydrogen-bond acceptors (Lipinski definition) is 4. The van der Waals surface area contributed by atoms with Crippen molar-refractivity contribution in [2.24, 2.45) is 0 Å². The first-order valence-electron chi connectivity index (χ1n) is 7.02. The summed E-state index contributed by atoms with van der Waals surface area (Å²) in [7, 11) is 1.66. The number of aromatic amines is 1. The van der Waals surface area contributed by atoms with Gasteiger partial charge in [-0.1, -0.05) is 12.5 Å². The van der Waals surface area contributed by atoms with Gasteiger partial charge in [0, 0.05) is 36.5 Å². The van der Waals surface area contributed by atoms with Gasteiger partial charge < -0.3 is 15.0 Å². The maximum atomic E-state index is 5.24. The fourth-order valence-electron chi connectivity index (χ4n) is 2.77. The molecule has 0 aliphatic heterocycles. The van der Waals surface area contributed by atoms with Crippen LogP contribution in [0.3, 0.4) is 0 Å². The molecule has 5 nitrogen and oxygen atoms in total. The van der Waals surface area contributed by atoms with E-state index in [4.69, 9.17) is 4.74 Å². The van der Waals surface area contributed by atoms with E-state index in [0.29, 0.717) is 5.88 Å². The van der Waals surface area contributed by atoms with Crippen molar-refractivity contribution in [3.63, 3.8) is 0 Å². The highest BCUT2D eigenvalue weighted by molar-refractivity contribution is 5.26. The summed E-state index contributed by atoms with van der Waals surface area (Å²) in [5, 5.41) is 3.51. The highest BCUT2D eigenvalue weighted by atomic mass is 16.5. The molecule has 1 fully saturated rings. The summed E-state index contributed by atoms with van der Waals surface area (Å²) in [4.78, 5) is 11.8. The Morgan fingerprint density at radius 3 is 2.95 bits per heavy atom. The summed E-state index contributed by atoms with van der Waals surface area (Å²) < 4.78 is 5.24. The second-order valence-electron chi connectivity index (χ2n) is 5.38. The molecule has 0 amide bonds. The lowest BCUT2D eigenvalue weighted by atomic mass is 9.66. The molecule has 1 saturated carbocycles. The minimum absolute atomic E-state index is 0.161. The molecular weight excluding hydrogens is 252 g/mol. The predicted octanol–water partition coefficient (Wildman–Crippen LogP) is 2.02. The van der Waals surface area contributed by atoms with Gasteiger partial charge in [0.1, 0.15) is 0 Å². The van der Waals surface area contributed by atoms with E-state index < -0.39 is 0 Å². The Hall–Kier alpha value is -1.88. The van der Waals surface area contributed by atoms with Crippen LogP contribution in [0.15, 0.2) is 30.7 Å². The van der Waals surface area contributed by atoms with Crippen molar-refractivity contribution < 1.29 is 4.74 Å². The van der Waals surface area contributed by atoms with Crippen LogP contribution >= 0.6 is 0 Å². The Morgan fingerprint density at radius 2 is 2.30 bits per heavy atom. The van der Waals surface area contributed by atoms with Crippen molar-refractivity contribution in [3.8, 4) is 5.88 Å². The lowest BCUT2D eigenvalue weighted by Gasteiger charge is -2.41. The second kappa shape index (κ2) is 5.63. The zero-order valence-corrected chi connectivity index (χ0v) is 11.7. The van der Waals surface area contributed by atoms with E-state index in [1.165, 1.54) is 19.3 Å². The van der Waals surface area contributed by atoms with Crippen LogP contribution in [0.25, 0.3) is 0 Å². The molecule has 106 valence electrons. The van der Waals surface area contributed by atoms with Crippen LogP contribution in [0.1, 0.15) is 30.7 Å². The van der Waals surface area contributed by atoms with Crippen LogP contribution in [0, 0.1) is 0 Å². The number of imidazole rings is 1. The average Bonchev–Trinajstić information content (AvgIpc) is 2.95. The van der Waals surface area contributed by atoms with Crippen molar-refractivity contribution in [1.29, 1.82) is 0 Å². The Morgan fingerprint density at radius 1 is 1.40 bits per heavy atom. The quantitative estimate of drug-likeness (QED) is 0.844. The van der Waals surface area contributed by atoms with Gasteiger partial charge in [0.15, 0.2) is 0 Å². The number of rotatable bonds is 6. The molecule has 2 aromatic heterocycles. The summed E-state index contributed by atoms with van der Waals surface area (Å²) in [6, 6.07) is 6.03. The van der Waals surface area contributed by atoms with Crippen LogP contribution in [0.4, 0.5) is 0 Å². The van der Waals surface area contributed by atoms with Gasteiger partial charge in [-0.2, -0.15) is 0 Å². The number of methoxy groups -OCH3 is 1.